The second kappa shape index (κ2) is 11.2. The highest BCUT2D eigenvalue weighted by Crippen LogP contribution is 2.39. The van der Waals surface area contributed by atoms with Crippen molar-refractivity contribution in [1.82, 2.24) is 0 Å². The van der Waals surface area contributed by atoms with Crippen molar-refractivity contribution < 1.29 is 52.3 Å². The molecule has 1 aliphatic heterocycles. The maximum Gasteiger partial charge on any atom is 0.258 e. The van der Waals surface area contributed by atoms with E-state index in [2.05, 4.69) is 27.4 Å². The number of ether oxygens (including phenoxy) is 4. The van der Waals surface area contributed by atoms with E-state index in [9.17, 15) is 4.79 Å². The molecule has 0 saturated heterocycles. The standard InChI is InChI=1S/C23H27BrNO5.HI/c1-6-10-25-11-9-14-12-18(28-3)19(29-4)13-16(14)21(25)22(26)15-7-8-17(27-2)23(30-5)20(15)24;/h7-8,12-13H,6,9-11H2,1-5H3;1H/q+1;/p-1. The second-order valence-corrected chi connectivity index (χ2v) is 7.73. The van der Waals surface area contributed by atoms with Gasteiger partial charge in [-0.05, 0) is 45.8 Å². The lowest BCUT2D eigenvalue weighted by molar-refractivity contribution is -0.527. The van der Waals surface area contributed by atoms with Crippen LogP contribution in [0.25, 0.3) is 0 Å². The Balaban J connectivity index is 0.00000341. The molecule has 0 aliphatic carbocycles. The number of rotatable bonds is 8. The summed E-state index contributed by atoms with van der Waals surface area (Å²) in [6.07, 6.45) is 1.77. The van der Waals surface area contributed by atoms with Crippen molar-refractivity contribution >= 4 is 27.4 Å². The minimum absolute atomic E-state index is 0. The molecule has 0 bridgehead atoms. The molecule has 0 spiro atoms. The fraction of sp³-hybridized carbons (Fsp3) is 0.391. The minimum Gasteiger partial charge on any atom is -1.00 e. The SMILES string of the molecule is CCC[N+]1=C(C(=O)c2ccc(OC)c(OC)c2Br)c2cc(OC)c(OC)cc2CC1.[I-]. The number of fused-ring (bicyclic) bond motifs is 1. The maximum absolute atomic E-state index is 13.8. The van der Waals surface area contributed by atoms with Gasteiger partial charge in [0.25, 0.3) is 11.5 Å². The first kappa shape index (κ1) is 25.5. The van der Waals surface area contributed by atoms with Gasteiger partial charge in [-0.3, -0.25) is 4.79 Å². The summed E-state index contributed by atoms with van der Waals surface area (Å²) in [5.41, 5.74) is 3.12. The zero-order valence-electron chi connectivity index (χ0n) is 18.4. The molecule has 6 nitrogen and oxygen atoms in total. The molecule has 2 aromatic carbocycles. The van der Waals surface area contributed by atoms with E-state index in [0.29, 0.717) is 38.7 Å². The summed E-state index contributed by atoms with van der Waals surface area (Å²) in [5, 5.41) is 0. The molecule has 3 rings (SSSR count). The fourth-order valence-corrected chi connectivity index (χ4v) is 4.51. The predicted molar refractivity (Wildman–Crippen MR) is 119 cm³/mol. The van der Waals surface area contributed by atoms with E-state index in [0.717, 1.165) is 37.1 Å². The van der Waals surface area contributed by atoms with E-state index in [-0.39, 0.29) is 29.8 Å². The van der Waals surface area contributed by atoms with Crippen LogP contribution in [0.4, 0.5) is 0 Å². The molecule has 1 heterocycles. The van der Waals surface area contributed by atoms with Crippen LogP contribution in [-0.4, -0.2) is 57.6 Å². The van der Waals surface area contributed by atoms with Crippen molar-refractivity contribution in [2.45, 2.75) is 19.8 Å². The third-order valence-electron chi connectivity index (χ3n) is 5.27. The van der Waals surface area contributed by atoms with Crippen molar-refractivity contribution in [2.75, 3.05) is 41.5 Å². The number of carbonyl (C=O) groups is 1. The maximum atomic E-state index is 13.8. The molecule has 168 valence electrons. The Labute approximate surface area is 208 Å². The molecule has 1 aliphatic rings. The molecule has 0 aromatic heterocycles. The lowest BCUT2D eigenvalue weighted by Gasteiger charge is -2.20. The number of ketones is 1. The monoisotopic (exact) mass is 603 g/mol. The molecule has 0 fully saturated rings. The molecule has 0 N–H and O–H groups in total. The Kier molecular flexibility index (Phi) is 9.17. The van der Waals surface area contributed by atoms with E-state index < -0.39 is 0 Å². The zero-order valence-corrected chi connectivity index (χ0v) is 22.1. The van der Waals surface area contributed by atoms with Gasteiger partial charge in [0.05, 0.1) is 38.5 Å². The number of Topliss-reactive ketones (excluding diaryl/α,β-unsaturated/α-hetero) is 1. The Morgan fingerprint density at radius 3 is 2.23 bits per heavy atom. The number of methoxy groups -OCH3 is 4. The highest BCUT2D eigenvalue weighted by Gasteiger charge is 2.35. The van der Waals surface area contributed by atoms with Crippen LogP contribution in [0.5, 0.6) is 23.0 Å². The molecular weight excluding hydrogens is 577 g/mol. The summed E-state index contributed by atoms with van der Waals surface area (Å²) in [4.78, 5) is 13.8. The van der Waals surface area contributed by atoms with Gasteiger partial charge in [-0.2, -0.15) is 0 Å². The Morgan fingerprint density at radius 2 is 1.65 bits per heavy atom. The summed E-state index contributed by atoms with van der Waals surface area (Å²) < 4.78 is 24.5. The predicted octanol–water partition coefficient (Wildman–Crippen LogP) is 1.14. The van der Waals surface area contributed by atoms with Crippen LogP contribution in [-0.2, 0) is 6.42 Å². The van der Waals surface area contributed by atoms with E-state index in [4.69, 9.17) is 18.9 Å². The first-order valence-electron chi connectivity index (χ1n) is 9.82. The number of hydrogen-bond acceptors (Lipinski definition) is 5. The number of carbonyl (C=O) groups excluding carboxylic acids is 1. The van der Waals surface area contributed by atoms with Crippen molar-refractivity contribution in [3.63, 3.8) is 0 Å². The van der Waals surface area contributed by atoms with Crippen molar-refractivity contribution in [2.24, 2.45) is 0 Å². The summed E-state index contributed by atoms with van der Waals surface area (Å²) >= 11 is 3.55. The molecule has 31 heavy (non-hydrogen) atoms. The highest BCUT2D eigenvalue weighted by molar-refractivity contribution is 9.10. The first-order valence-corrected chi connectivity index (χ1v) is 10.6. The van der Waals surface area contributed by atoms with Crippen LogP contribution in [0, 0.1) is 0 Å². The van der Waals surface area contributed by atoms with Crippen LogP contribution < -0.4 is 42.9 Å². The van der Waals surface area contributed by atoms with Gasteiger partial charge in [-0.25, -0.2) is 4.58 Å². The average molecular weight is 604 g/mol. The zero-order chi connectivity index (χ0) is 21.8. The lowest BCUT2D eigenvalue weighted by Crippen LogP contribution is -3.00. The van der Waals surface area contributed by atoms with Gasteiger partial charge in [0, 0.05) is 18.4 Å². The van der Waals surface area contributed by atoms with Gasteiger partial charge in [0.15, 0.2) is 23.0 Å². The average Bonchev–Trinajstić information content (AvgIpc) is 2.77. The van der Waals surface area contributed by atoms with Gasteiger partial charge in [-0.1, -0.05) is 6.92 Å². The Hall–Kier alpha value is -1.81. The number of halogens is 2. The molecule has 0 atom stereocenters. The van der Waals surface area contributed by atoms with Gasteiger partial charge >= 0.3 is 0 Å². The van der Waals surface area contributed by atoms with E-state index in [1.165, 1.54) is 0 Å². The first-order chi connectivity index (χ1) is 14.5. The molecule has 0 unspecified atom stereocenters. The van der Waals surface area contributed by atoms with Gasteiger partial charge in [0.1, 0.15) is 13.1 Å². The van der Waals surface area contributed by atoms with Crippen molar-refractivity contribution in [3.05, 3.63) is 45.4 Å². The van der Waals surface area contributed by atoms with Gasteiger partial charge in [0.2, 0.25) is 0 Å². The van der Waals surface area contributed by atoms with Crippen LogP contribution in [0.2, 0.25) is 0 Å². The Bertz CT molecular complexity index is 1010. The second-order valence-electron chi connectivity index (χ2n) is 6.94. The van der Waals surface area contributed by atoms with E-state index in [1.54, 1.807) is 40.6 Å². The summed E-state index contributed by atoms with van der Waals surface area (Å²) in [6, 6.07) is 7.38. The van der Waals surface area contributed by atoms with Crippen molar-refractivity contribution in [3.8, 4) is 23.0 Å². The highest BCUT2D eigenvalue weighted by atomic mass is 127. The number of hydrogen-bond donors (Lipinski definition) is 0. The van der Waals surface area contributed by atoms with Crippen LogP contribution in [0.1, 0.15) is 34.8 Å². The molecular formula is C23H27BrINO5. The Morgan fingerprint density at radius 1 is 1.00 bits per heavy atom. The van der Waals surface area contributed by atoms with Gasteiger partial charge < -0.3 is 42.9 Å². The van der Waals surface area contributed by atoms with E-state index >= 15 is 0 Å². The fourth-order valence-electron chi connectivity index (χ4n) is 3.84. The van der Waals surface area contributed by atoms with Crippen molar-refractivity contribution in [1.29, 1.82) is 0 Å². The molecule has 0 radical (unpaired) electrons. The normalized spacial score (nSPS) is 12.6. The third-order valence-corrected chi connectivity index (χ3v) is 6.06. The molecule has 0 amide bonds. The molecule has 2 aromatic rings. The number of benzene rings is 2. The smallest absolute Gasteiger partial charge is 0.258 e. The summed E-state index contributed by atoms with van der Waals surface area (Å²) in [6.45, 7) is 3.67. The lowest BCUT2D eigenvalue weighted by atomic mass is 9.91. The number of nitrogens with zero attached hydrogens (tertiary/aromatic N) is 1. The van der Waals surface area contributed by atoms with E-state index in [1.807, 2.05) is 12.1 Å². The molecule has 8 heteroatoms. The largest absolute Gasteiger partial charge is 1.00 e. The molecule has 0 saturated carbocycles. The van der Waals surface area contributed by atoms with Crippen LogP contribution in [0.15, 0.2) is 28.7 Å². The van der Waals surface area contributed by atoms with Crippen LogP contribution >= 0.6 is 15.9 Å². The minimum atomic E-state index is -0.0792. The summed E-state index contributed by atoms with van der Waals surface area (Å²) in [7, 11) is 6.34. The third kappa shape index (κ3) is 4.84. The quantitative estimate of drug-likeness (QED) is 0.257. The topological polar surface area (TPSA) is 57.0 Å². The summed E-state index contributed by atoms with van der Waals surface area (Å²) in [5.74, 6) is 2.25. The van der Waals surface area contributed by atoms with Gasteiger partial charge in [-0.15, -0.1) is 0 Å². The van der Waals surface area contributed by atoms with Crippen LogP contribution in [0.3, 0.4) is 0 Å².